The molecule has 0 aliphatic carbocycles. The van der Waals surface area contributed by atoms with E-state index in [2.05, 4.69) is 0 Å². The molecule has 0 radical (unpaired) electrons. The van der Waals surface area contributed by atoms with E-state index < -0.39 is 48.3 Å². The van der Waals surface area contributed by atoms with E-state index in [0.717, 1.165) is 4.90 Å². The van der Waals surface area contributed by atoms with Crippen LogP contribution in [0.15, 0.2) is 24.3 Å². The molecule has 1 aliphatic rings. The Morgan fingerprint density at radius 3 is 2.50 bits per heavy atom. The first kappa shape index (κ1) is 19.1. The van der Waals surface area contributed by atoms with Gasteiger partial charge in [-0.25, -0.2) is 4.79 Å². The maximum atomic E-state index is 12.4. The number of nitrogens with two attached hydrogens (primary N) is 1. The Kier molecular flexibility index (Phi) is 5.71. The largest absolute Gasteiger partial charge is 0.451 e. The Labute approximate surface area is 149 Å². The normalized spacial score (nSPS) is 14.7. The third-order valence-corrected chi connectivity index (χ3v) is 3.79. The average molecular weight is 361 g/mol. The van der Waals surface area contributed by atoms with Gasteiger partial charge in [-0.3, -0.25) is 29.4 Å². The smallest absolute Gasteiger partial charge is 0.327 e. The molecule has 1 atom stereocenters. The van der Waals surface area contributed by atoms with Crippen LogP contribution in [0.1, 0.15) is 29.8 Å². The maximum Gasteiger partial charge on any atom is 0.327 e. The third-order valence-electron chi connectivity index (χ3n) is 3.79. The minimum absolute atomic E-state index is 0.00896. The van der Waals surface area contributed by atoms with Crippen molar-refractivity contribution in [1.82, 2.24) is 10.2 Å². The van der Waals surface area contributed by atoms with Gasteiger partial charge in [0.15, 0.2) is 6.10 Å². The third kappa shape index (κ3) is 4.24. The van der Waals surface area contributed by atoms with Crippen molar-refractivity contribution in [2.45, 2.75) is 26.4 Å². The quantitative estimate of drug-likeness (QED) is 0.558. The summed E-state index contributed by atoms with van der Waals surface area (Å²) in [5.74, 6) is -3.40. The number of nitrogens with zero attached hydrogens (tertiary/aromatic N) is 1. The fourth-order valence-electron chi connectivity index (χ4n) is 2.55. The minimum atomic E-state index is -1.28. The molecule has 3 N–H and O–H groups in total. The highest BCUT2D eigenvalue weighted by atomic mass is 16.5. The molecule has 5 amide bonds. The molecular formula is C17H19N3O6. The number of rotatable bonds is 5. The van der Waals surface area contributed by atoms with E-state index in [1.807, 2.05) is 5.32 Å². The zero-order chi connectivity index (χ0) is 19.4. The molecule has 1 heterocycles. The van der Waals surface area contributed by atoms with Gasteiger partial charge in [-0.2, -0.15) is 0 Å². The number of carbonyl (C=O) groups is 5. The first-order chi connectivity index (χ1) is 12.2. The molecule has 0 unspecified atom stereocenters. The lowest BCUT2D eigenvalue weighted by Crippen LogP contribution is -2.49. The van der Waals surface area contributed by atoms with E-state index in [0.29, 0.717) is 11.1 Å². The Hall–Kier alpha value is -3.23. The van der Waals surface area contributed by atoms with Crippen LogP contribution >= 0.6 is 0 Å². The highest BCUT2D eigenvalue weighted by Gasteiger charge is 2.34. The summed E-state index contributed by atoms with van der Waals surface area (Å²) in [6.45, 7) is 2.58. The Morgan fingerprint density at radius 1 is 1.23 bits per heavy atom. The van der Waals surface area contributed by atoms with E-state index in [1.54, 1.807) is 38.1 Å². The van der Waals surface area contributed by atoms with Crippen LogP contribution in [0.3, 0.4) is 0 Å². The van der Waals surface area contributed by atoms with Gasteiger partial charge in [0.1, 0.15) is 6.54 Å². The molecule has 1 aliphatic heterocycles. The molecule has 0 aromatic heterocycles. The van der Waals surface area contributed by atoms with Crippen LogP contribution in [0.2, 0.25) is 0 Å². The summed E-state index contributed by atoms with van der Waals surface area (Å²) in [5, 5.41) is 1.84. The number of primary amides is 1. The number of fused-ring (bicyclic) bond motifs is 1. The van der Waals surface area contributed by atoms with E-state index in [4.69, 9.17) is 10.5 Å². The van der Waals surface area contributed by atoms with Crippen molar-refractivity contribution in [3.05, 3.63) is 35.4 Å². The van der Waals surface area contributed by atoms with Crippen LogP contribution in [-0.2, 0) is 25.5 Å². The molecule has 9 heteroatoms. The molecule has 2 rings (SSSR count). The number of urea groups is 1. The van der Waals surface area contributed by atoms with Crippen LogP contribution in [-0.4, -0.2) is 47.3 Å². The summed E-state index contributed by atoms with van der Waals surface area (Å²) in [7, 11) is 0. The molecule has 0 fully saturated rings. The number of hydrogen-bond donors (Lipinski definition) is 2. The SMILES string of the molecule is CC(C)[C@@H](OC(=O)CN1C(=O)Cc2ccccc2C1=O)C(=O)NC(N)=O. The second-order valence-electron chi connectivity index (χ2n) is 6.13. The highest BCUT2D eigenvalue weighted by molar-refractivity contribution is 6.11. The summed E-state index contributed by atoms with van der Waals surface area (Å²) in [6, 6.07) is 5.54. The number of esters is 1. The lowest BCUT2D eigenvalue weighted by atomic mass is 9.98. The summed E-state index contributed by atoms with van der Waals surface area (Å²) >= 11 is 0. The van der Waals surface area contributed by atoms with Gasteiger partial charge in [0.2, 0.25) is 5.91 Å². The number of amides is 5. The van der Waals surface area contributed by atoms with Crippen LogP contribution in [0.25, 0.3) is 0 Å². The van der Waals surface area contributed by atoms with E-state index in [1.165, 1.54) is 0 Å². The van der Waals surface area contributed by atoms with Crippen molar-refractivity contribution in [2.75, 3.05) is 6.54 Å². The van der Waals surface area contributed by atoms with E-state index in [-0.39, 0.29) is 6.42 Å². The second kappa shape index (κ2) is 7.77. The molecule has 0 saturated heterocycles. The summed E-state index contributed by atoms with van der Waals surface area (Å²) in [6.07, 6.45) is -1.29. The van der Waals surface area contributed by atoms with Gasteiger partial charge in [0.05, 0.1) is 6.42 Å². The molecular weight excluding hydrogens is 342 g/mol. The van der Waals surface area contributed by atoms with Crippen LogP contribution in [0, 0.1) is 5.92 Å². The minimum Gasteiger partial charge on any atom is -0.451 e. The van der Waals surface area contributed by atoms with E-state index in [9.17, 15) is 24.0 Å². The molecule has 0 bridgehead atoms. The van der Waals surface area contributed by atoms with Gasteiger partial charge < -0.3 is 10.5 Å². The summed E-state index contributed by atoms with van der Waals surface area (Å²) in [4.78, 5) is 60.2. The van der Waals surface area contributed by atoms with Gasteiger partial charge in [-0.1, -0.05) is 32.0 Å². The van der Waals surface area contributed by atoms with Gasteiger partial charge in [-0.05, 0) is 17.5 Å². The Balaban J connectivity index is 2.09. The monoisotopic (exact) mass is 361 g/mol. The number of benzene rings is 1. The van der Waals surface area contributed by atoms with E-state index >= 15 is 0 Å². The topological polar surface area (TPSA) is 136 Å². The lowest BCUT2D eigenvalue weighted by Gasteiger charge is -2.27. The fraction of sp³-hybridized carbons (Fsp3) is 0.353. The number of nitrogens with one attached hydrogen (secondary N) is 1. The molecule has 138 valence electrons. The predicted octanol–water partition coefficient (Wildman–Crippen LogP) is -0.0258. The fourth-order valence-corrected chi connectivity index (χ4v) is 2.55. The predicted molar refractivity (Wildman–Crippen MR) is 88.6 cm³/mol. The Morgan fingerprint density at radius 2 is 1.88 bits per heavy atom. The van der Waals surface area contributed by atoms with Crippen molar-refractivity contribution in [2.24, 2.45) is 11.7 Å². The molecule has 0 saturated carbocycles. The summed E-state index contributed by atoms with van der Waals surface area (Å²) in [5.41, 5.74) is 5.81. The van der Waals surface area contributed by atoms with Crippen molar-refractivity contribution in [1.29, 1.82) is 0 Å². The zero-order valence-electron chi connectivity index (χ0n) is 14.4. The number of hydrogen-bond acceptors (Lipinski definition) is 6. The maximum absolute atomic E-state index is 12.4. The van der Waals surface area contributed by atoms with Crippen molar-refractivity contribution in [3.8, 4) is 0 Å². The first-order valence-corrected chi connectivity index (χ1v) is 7.93. The molecule has 0 spiro atoms. The first-order valence-electron chi connectivity index (χ1n) is 7.93. The lowest BCUT2D eigenvalue weighted by molar-refractivity contribution is -0.160. The van der Waals surface area contributed by atoms with Gasteiger partial charge in [0.25, 0.3) is 11.8 Å². The zero-order valence-corrected chi connectivity index (χ0v) is 14.4. The molecule has 1 aromatic carbocycles. The molecule has 1 aromatic rings. The molecule has 26 heavy (non-hydrogen) atoms. The Bertz CT molecular complexity index is 774. The van der Waals surface area contributed by atoms with Crippen molar-refractivity contribution in [3.63, 3.8) is 0 Å². The van der Waals surface area contributed by atoms with Crippen LogP contribution in [0.5, 0.6) is 0 Å². The summed E-state index contributed by atoms with van der Waals surface area (Å²) < 4.78 is 5.06. The van der Waals surface area contributed by atoms with Gasteiger partial charge >= 0.3 is 12.0 Å². The highest BCUT2D eigenvalue weighted by Crippen LogP contribution is 2.19. The second-order valence-corrected chi connectivity index (χ2v) is 6.13. The van der Waals surface area contributed by atoms with Crippen molar-refractivity contribution >= 4 is 29.7 Å². The van der Waals surface area contributed by atoms with Crippen molar-refractivity contribution < 1.29 is 28.7 Å². The molecule has 9 nitrogen and oxygen atoms in total. The van der Waals surface area contributed by atoms with Crippen LogP contribution < -0.4 is 11.1 Å². The van der Waals surface area contributed by atoms with Crippen LogP contribution in [0.4, 0.5) is 4.79 Å². The number of ether oxygens (including phenoxy) is 1. The standard InChI is InChI=1S/C17H19N3O6/c1-9(2)14(15(23)19-17(18)25)26-13(22)8-20-12(21)7-10-5-3-4-6-11(10)16(20)24/h3-6,9,14H,7-8H2,1-2H3,(H3,18,19,23,25)/t14-/m1/s1. The van der Waals surface area contributed by atoms with Gasteiger partial charge in [0, 0.05) is 5.56 Å². The number of imide groups is 2. The number of carbonyl (C=O) groups excluding carboxylic acids is 5. The van der Waals surface area contributed by atoms with Gasteiger partial charge in [-0.15, -0.1) is 0 Å². The average Bonchev–Trinajstić information content (AvgIpc) is 2.55.